The van der Waals surface area contributed by atoms with Crippen LogP contribution in [0.5, 0.6) is 11.8 Å². The molecule has 0 aliphatic rings. The van der Waals surface area contributed by atoms with E-state index in [-0.39, 0.29) is 18.0 Å². The second-order valence-corrected chi connectivity index (χ2v) is 7.06. The lowest BCUT2D eigenvalue weighted by molar-refractivity contribution is -0.394. The monoisotopic (exact) mass is 384 g/mol. The average Bonchev–Trinajstić information content (AvgIpc) is 3.07. The third-order valence-electron chi connectivity index (χ3n) is 4.80. The number of nitrogens with zero attached hydrogens (tertiary/aromatic N) is 4. The van der Waals surface area contributed by atoms with Gasteiger partial charge in [0.25, 0.3) is 0 Å². The first-order valence-corrected chi connectivity index (χ1v) is 8.91. The summed E-state index contributed by atoms with van der Waals surface area (Å²) in [6, 6.07) is 13.5. The summed E-state index contributed by atoms with van der Waals surface area (Å²) in [4.78, 5) is 14.2. The lowest BCUT2D eigenvalue weighted by Gasteiger charge is -2.23. The smallest absolute Gasteiger partial charge is 0.411 e. The molecule has 28 heavy (non-hydrogen) atoms. The maximum atomic E-state index is 14.0. The number of nitro groups is 1. The molecule has 1 aromatic heterocycles. The van der Waals surface area contributed by atoms with Crippen LogP contribution in [0.4, 0.5) is 10.3 Å². The van der Waals surface area contributed by atoms with Crippen LogP contribution in [0, 0.1) is 15.9 Å². The number of ether oxygens (including phenoxy) is 1. The minimum Gasteiger partial charge on any atom is -0.411 e. The predicted molar refractivity (Wildman–Crippen MR) is 102 cm³/mol. The van der Waals surface area contributed by atoms with Gasteiger partial charge in [-0.1, -0.05) is 51.1 Å². The van der Waals surface area contributed by atoms with Crippen molar-refractivity contribution in [2.24, 2.45) is 0 Å². The Morgan fingerprint density at radius 2 is 1.86 bits per heavy atom. The van der Waals surface area contributed by atoms with E-state index >= 15 is 0 Å². The number of benzene rings is 2. The fraction of sp³-hybridized carbons (Fsp3) is 0.300. The molecule has 8 heteroatoms. The zero-order chi connectivity index (χ0) is 20.3. The Labute approximate surface area is 161 Å². The van der Waals surface area contributed by atoms with Crippen molar-refractivity contribution in [1.82, 2.24) is 14.8 Å². The summed E-state index contributed by atoms with van der Waals surface area (Å²) >= 11 is 0. The molecule has 0 amide bonds. The van der Waals surface area contributed by atoms with Crippen molar-refractivity contribution in [2.45, 2.75) is 39.2 Å². The summed E-state index contributed by atoms with van der Waals surface area (Å²) in [6.45, 7) is 6.38. The first-order valence-electron chi connectivity index (χ1n) is 8.91. The summed E-state index contributed by atoms with van der Waals surface area (Å²) in [5, 5.41) is 14.9. The van der Waals surface area contributed by atoms with Crippen molar-refractivity contribution >= 4 is 5.95 Å². The normalized spacial score (nSPS) is 11.4. The predicted octanol–water partition coefficient (Wildman–Crippen LogP) is 4.85. The lowest BCUT2D eigenvalue weighted by atomic mass is 9.82. The van der Waals surface area contributed by atoms with E-state index in [1.54, 1.807) is 30.3 Å². The van der Waals surface area contributed by atoms with Gasteiger partial charge in [0.2, 0.25) is 0 Å². The van der Waals surface area contributed by atoms with Crippen LogP contribution in [-0.4, -0.2) is 19.7 Å². The van der Waals surface area contributed by atoms with E-state index in [9.17, 15) is 14.5 Å². The first-order chi connectivity index (χ1) is 13.3. The fourth-order valence-corrected chi connectivity index (χ4v) is 2.64. The van der Waals surface area contributed by atoms with E-state index in [1.165, 1.54) is 10.7 Å². The minimum atomic E-state index is -0.711. The first kappa shape index (κ1) is 19.5. The highest BCUT2D eigenvalue weighted by molar-refractivity contribution is 5.33. The zero-order valence-electron chi connectivity index (χ0n) is 15.9. The van der Waals surface area contributed by atoms with Gasteiger partial charge in [-0.05, 0) is 45.5 Å². The van der Waals surface area contributed by atoms with Gasteiger partial charge < -0.3 is 14.9 Å². The molecular formula is C20H21FN4O3. The van der Waals surface area contributed by atoms with Crippen LogP contribution in [0.15, 0.2) is 48.5 Å². The standard InChI is InChI=1S/C20H21FN4O3/c1-4-20(2,3)15-9-11-16(12-10-15)28-19-22-18(25(26)27)23-24(19)13-14-7-5-6-8-17(14)21/h5-12H,4,13H2,1-3H3. The van der Waals surface area contributed by atoms with Crippen molar-refractivity contribution < 1.29 is 14.1 Å². The Morgan fingerprint density at radius 3 is 2.46 bits per heavy atom. The summed E-state index contributed by atoms with van der Waals surface area (Å²) in [7, 11) is 0. The minimum absolute atomic E-state index is 0.0299. The zero-order valence-corrected chi connectivity index (χ0v) is 15.9. The Morgan fingerprint density at radius 1 is 1.18 bits per heavy atom. The number of rotatable bonds is 7. The van der Waals surface area contributed by atoms with E-state index in [4.69, 9.17) is 4.74 Å². The van der Waals surface area contributed by atoms with Gasteiger partial charge >= 0.3 is 12.0 Å². The highest BCUT2D eigenvalue weighted by Gasteiger charge is 2.25. The molecule has 3 aromatic rings. The van der Waals surface area contributed by atoms with Gasteiger partial charge in [-0.15, -0.1) is 4.68 Å². The molecule has 0 atom stereocenters. The second-order valence-electron chi connectivity index (χ2n) is 7.06. The molecule has 0 bridgehead atoms. The highest BCUT2D eigenvalue weighted by Crippen LogP contribution is 2.29. The average molecular weight is 384 g/mol. The van der Waals surface area contributed by atoms with Gasteiger partial charge in [0.05, 0.1) is 6.54 Å². The number of hydrogen-bond donors (Lipinski definition) is 0. The van der Waals surface area contributed by atoms with Crippen molar-refractivity contribution in [2.75, 3.05) is 0 Å². The number of halogens is 1. The molecule has 7 nitrogen and oxygen atoms in total. The molecule has 0 aliphatic carbocycles. The Hall–Kier alpha value is -3.29. The van der Waals surface area contributed by atoms with Crippen LogP contribution in [0.25, 0.3) is 0 Å². The Balaban J connectivity index is 1.89. The third kappa shape index (κ3) is 4.16. The summed E-state index contributed by atoms with van der Waals surface area (Å²) in [5.74, 6) is -0.569. The molecule has 0 unspecified atom stereocenters. The van der Waals surface area contributed by atoms with Gasteiger partial charge in [0.1, 0.15) is 11.6 Å². The molecule has 1 heterocycles. The molecule has 0 N–H and O–H groups in total. The molecule has 0 aliphatic heterocycles. The van der Waals surface area contributed by atoms with E-state index in [2.05, 4.69) is 30.9 Å². The SMILES string of the molecule is CCC(C)(C)c1ccc(Oc2nc([N+](=O)[O-])nn2Cc2ccccc2F)cc1. The maximum absolute atomic E-state index is 14.0. The Bertz CT molecular complexity index is 983. The van der Waals surface area contributed by atoms with E-state index in [1.807, 2.05) is 12.1 Å². The summed E-state index contributed by atoms with van der Waals surface area (Å²) in [6.07, 6.45) is 0.983. The number of aromatic nitrogens is 3. The molecule has 0 spiro atoms. The molecule has 0 saturated carbocycles. The topological polar surface area (TPSA) is 83.1 Å². The van der Waals surface area contributed by atoms with Crippen molar-refractivity contribution in [3.63, 3.8) is 0 Å². The van der Waals surface area contributed by atoms with Gasteiger partial charge in [-0.2, -0.15) is 0 Å². The van der Waals surface area contributed by atoms with Crippen LogP contribution in [0.2, 0.25) is 0 Å². The van der Waals surface area contributed by atoms with Crippen LogP contribution in [0.3, 0.4) is 0 Å². The molecule has 146 valence electrons. The summed E-state index contributed by atoms with van der Waals surface area (Å²) < 4.78 is 20.8. The number of hydrogen-bond acceptors (Lipinski definition) is 5. The molecule has 0 fully saturated rings. The second kappa shape index (κ2) is 7.75. The van der Waals surface area contributed by atoms with Gasteiger partial charge in [-0.25, -0.2) is 4.39 Å². The molecule has 0 saturated heterocycles. The van der Waals surface area contributed by atoms with Crippen LogP contribution in [-0.2, 0) is 12.0 Å². The maximum Gasteiger partial charge on any atom is 0.494 e. The Kier molecular flexibility index (Phi) is 5.39. The van der Waals surface area contributed by atoms with Gasteiger partial charge in [0.15, 0.2) is 0 Å². The quantitative estimate of drug-likeness (QED) is 0.429. The third-order valence-corrected chi connectivity index (χ3v) is 4.80. The van der Waals surface area contributed by atoms with E-state index in [0.717, 1.165) is 12.0 Å². The van der Waals surface area contributed by atoms with E-state index in [0.29, 0.717) is 11.3 Å². The van der Waals surface area contributed by atoms with Crippen molar-refractivity contribution in [3.8, 4) is 11.8 Å². The van der Waals surface area contributed by atoms with Gasteiger partial charge in [0, 0.05) is 10.7 Å². The van der Waals surface area contributed by atoms with Gasteiger partial charge in [-0.3, -0.25) is 0 Å². The van der Waals surface area contributed by atoms with E-state index < -0.39 is 16.7 Å². The molecule has 0 radical (unpaired) electrons. The fourth-order valence-electron chi connectivity index (χ4n) is 2.64. The summed E-state index contributed by atoms with van der Waals surface area (Å²) in [5.41, 5.74) is 1.51. The largest absolute Gasteiger partial charge is 0.494 e. The highest BCUT2D eigenvalue weighted by atomic mass is 19.1. The lowest BCUT2D eigenvalue weighted by Crippen LogP contribution is -2.15. The van der Waals surface area contributed by atoms with Crippen LogP contribution >= 0.6 is 0 Å². The molecule has 3 rings (SSSR count). The van der Waals surface area contributed by atoms with Crippen molar-refractivity contribution in [1.29, 1.82) is 0 Å². The molecular weight excluding hydrogens is 363 g/mol. The van der Waals surface area contributed by atoms with Crippen LogP contribution in [0.1, 0.15) is 38.3 Å². The van der Waals surface area contributed by atoms with Crippen molar-refractivity contribution in [3.05, 3.63) is 75.6 Å². The van der Waals surface area contributed by atoms with Crippen LogP contribution < -0.4 is 4.74 Å². The molecule has 2 aromatic carbocycles.